The Bertz CT molecular complexity index is 154. The molecule has 0 aromatic carbocycles. The molecule has 0 amide bonds. The molecule has 0 aliphatic heterocycles. The van der Waals surface area contributed by atoms with E-state index in [1.54, 1.807) is 0 Å². The summed E-state index contributed by atoms with van der Waals surface area (Å²) in [5.74, 6) is 0. The Labute approximate surface area is 111 Å². The number of hydrogen-bond donors (Lipinski definition) is 3. The predicted octanol–water partition coefficient (Wildman–Crippen LogP) is -2.03. The maximum atomic E-state index is 8.77. The summed E-state index contributed by atoms with van der Waals surface area (Å²) in [7, 11) is 1.27. The molecule has 8 heteroatoms. The van der Waals surface area contributed by atoms with Gasteiger partial charge in [-0.25, -0.2) is 0 Å². The Morgan fingerprint density at radius 2 is 1.62 bits per heavy atom. The Hall–Kier alpha value is 1.29. The topological polar surface area (TPSA) is 101 Å². The van der Waals surface area contributed by atoms with Crippen LogP contribution in [-0.2, 0) is 4.57 Å². The molecule has 0 radical (unpaired) electrons. The number of phosphoric acid groups is 1. The van der Waals surface area contributed by atoms with E-state index < -0.39 is 7.82 Å². The first-order valence-electron chi connectivity index (χ1n) is 3.24. The summed E-state index contributed by atoms with van der Waals surface area (Å²) < 4.78 is 9.61. The third-order valence-corrected chi connectivity index (χ3v) is 0.771. The van der Waals surface area contributed by atoms with Gasteiger partial charge < -0.3 is 27.1 Å². The van der Waals surface area contributed by atoms with Gasteiger partial charge in [0.25, 0.3) is 7.82 Å². The number of likely N-dealkylation sites (N-methyl/N-ethyl adjacent to an activating group) is 1. The van der Waals surface area contributed by atoms with Gasteiger partial charge >= 0.3 is 37.7 Å². The molecule has 0 atom stereocenters. The van der Waals surface area contributed by atoms with Gasteiger partial charge in [-0.15, -0.1) is 0 Å². The molecule has 0 saturated carbocycles. The van der Waals surface area contributed by atoms with Crippen molar-refractivity contribution in [1.82, 2.24) is 0 Å². The quantitative estimate of drug-likeness (QED) is 0.295. The van der Waals surface area contributed by atoms with Crippen LogP contribution in [0.1, 0.15) is 2.85 Å². The standard InChI is InChI=1S/C5H14NO.Ca.H3O4P.2H/c1-6(2,3)4-5-7;;1-5(2,3)4;;/h7H,4-5H2,1-3H3;;(H3,1,2,3,4);;/q+1;+2;;2*-1/p-1. The molecule has 80 valence electrons. The molecule has 0 bridgehead atoms. The first-order chi connectivity index (χ1) is 5.06. The van der Waals surface area contributed by atoms with Gasteiger partial charge in [0, 0.05) is 0 Å². The van der Waals surface area contributed by atoms with E-state index in [1.165, 1.54) is 0 Å². The molecule has 0 heterocycles. The zero-order chi connectivity index (χ0) is 10.4. The average Bonchev–Trinajstić information content (AvgIpc) is 1.54. The van der Waals surface area contributed by atoms with Gasteiger partial charge in [-0.05, 0) is 0 Å². The minimum atomic E-state index is -4.89. The first-order valence-corrected chi connectivity index (χ1v) is 4.77. The summed E-state index contributed by atoms with van der Waals surface area (Å²) in [5.41, 5.74) is 0. The molecule has 0 aromatic heterocycles. The van der Waals surface area contributed by atoms with E-state index in [1.807, 2.05) is 0 Å². The van der Waals surface area contributed by atoms with Crippen molar-refractivity contribution in [2.75, 3.05) is 34.3 Å². The number of rotatable bonds is 2. The van der Waals surface area contributed by atoms with Crippen molar-refractivity contribution in [2.24, 2.45) is 0 Å². The fourth-order valence-electron chi connectivity index (χ4n) is 0.300. The van der Waals surface area contributed by atoms with Crippen molar-refractivity contribution in [1.29, 1.82) is 0 Å². The van der Waals surface area contributed by atoms with Crippen LogP contribution in [0.2, 0.25) is 0 Å². The van der Waals surface area contributed by atoms with Crippen molar-refractivity contribution in [3.63, 3.8) is 0 Å². The monoisotopic (exact) mass is 243 g/mol. The summed E-state index contributed by atoms with van der Waals surface area (Å²) in [6, 6.07) is 0. The number of nitrogens with zero attached hydrogens (tertiary/aromatic N) is 1. The first kappa shape index (κ1) is 19.8. The molecule has 0 aromatic rings. The van der Waals surface area contributed by atoms with E-state index >= 15 is 0 Å². The normalized spacial score (nSPS) is 11.0. The van der Waals surface area contributed by atoms with Gasteiger partial charge in [0.1, 0.15) is 6.54 Å². The predicted molar refractivity (Wildman–Crippen MR) is 50.0 cm³/mol. The molecule has 0 rings (SSSR count). The summed E-state index contributed by atoms with van der Waals surface area (Å²) in [6.45, 7) is 1.11. The van der Waals surface area contributed by atoms with Crippen LogP contribution in [0.15, 0.2) is 0 Å². The second-order valence-corrected chi connectivity index (χ2v) is 4.21. The van der Waals surface area contributed by atoms with Gasteiger partial charge in [-0.2, -0.15) is 0 Å². The van der Waals surface area contributed by atoms with Crippen LogP contribution < -0.4 is 4.89 Å². The molecule has 0 aliphatic carbocycles. The zero-order valence-corrected chi connectivity index (χ0v) is 11.3. The maximum Gasteiger partial charge on any atom is 2.00 e. The number of hydrogen-bond acceptors (Lipinski definition) is 3. The van der Waals surface area contributed by atoms with Crippen molar-refractivity contribution in [3.8, 4) is 0 Å². The minimum absolute atomic E-state index is 0. The van der Waals surface area contributed by atoms with Gasteiger partial charge in [0.2, 0.25) is 0 Å². The van der Waals surface area contributed by atoms with Crippen molar-refractivity contribution in [2.45, 2.75) is 0 Å². The molecule has 0 fully saturated rings. The third-order valence-electron chi connectivity index (χ3n) is 0.771. The zero-order valence-electron chi connectivity index (χ0n) is 10.2. The summed E-state index contributed by atoms with van der Waals surface area (Å²) in [4.78, 5) is 22.9. The van der Waals surface area contributed by atoms with Crippen LogP contribution >= 0.6 is 7.82 Å². The van der Waals surface area contributed by atoms with Crippen LogP contribution in [-0.4, -0.2) is 91.4 Å². The fraction of sp³-hybridized carbons (Fsp3) is 1.00. The molecular weight excluding hydrogens is 225 g/mol. The van der Waals surface area contributed by atoms with Crippen molar-refractivity contribution in [3.05, 3.63) is 0 Å². The second-order valence-electron chi connectivity index (χ2n) is 3.23. The Morgan fingerprint density at radius 1 is 1.38 bits per heavy atom. The van der Waals surface area contributed by atoms with Crippen molar-refractivity contribution < 1.29 is 31.7 Å². The largest absolute Gasteiger partial charge is 2.00 e. The van der Waals surface area contributed by atoms with Crippen LogP contribution in [0.5, 0.6) is 0 Å². The summed E-state index contributed by atoms with van der Waals surface area (Å²) in [6.07, 6.45) is 0. The molecule has 0 saturated heterocycles. The van der Waals surface area contributed by atoms with Gasteiger partial charge in [-0.1, -0.05) is 0 Å². The maximum absolute atomic E-state index is 8.77. The van der Waals surface area contributed by atoms with Gasteiger partial charge in [-0.3, -0.25) is 4.57 Å². The molecule has 13 heavy (non-hydrogen) atoms. The molecule has 0 spiro atoms. The van der Waals surface area contributed by atoms with Crippen LogP contribution in [0.4, 0.5) is 0 Å². The number of aliphatic hydroxyl groups excluding tert-OH is 1. The minimum Gasteiger partial charge on any atom is -1.00 e. The Kier molecular flexibility index (Phi) is 13.1. The number of aliphatic hydroxyl groups is 1. The van der Waals surface area contributed by atoms with E-state index in [4.69, 9.17) is 24.4 Å². The van der Waals surface area contributed by atoms with Crippen LogP contribution in [0.3, 0.4) is 0 Å². The van der Waals surface area contributed by atoms with E-state index in [0.717, 1.165) is 11.0 Å². The van der Waals surface area contributed by atoms with E-state index in [2.05, 4.69) is 21.1 Å². The summed E-state index contributed by atoms with van der Waals surface area (Å²) >= 11 is 0. The van der Waals surface area contributed by atoms with Crippen LogP contribution in [0.25, 0.3) is 0 Å². The molecular formula is C5H18CaNO5P. The molecule has 6 nitrogen and oxygen atoms in total. The summed E-state index contributed by atoms with van der Waals surface area (Å²) in [5, 5.41) is 8.39. The van der Waals surface area contributed by atoms with Gasteiger partial charge in [0.05, 0.1) is 27.7 Å². The van der Waals surface area contributed by atoms with Crippen LogP contribution in [0, 0.1) is 0 Å². The van der Waals surface area contributed by atoms with Crippen molar-refractivity contribution >= 4 is 45.6 Å². The Balaban J connectivity index is -0.0000000383. The third kappa shape index (κ3) is 60.5. The molecule has 0 aliphatic rings. The van der Waals surface area contributed by atoms with Gasteiger partial charge in [0.15, 0.2) is 0 Å². The SMILES string of the molecule is C[N+](C)(C)CCO.O=P([O-])(O)O.[Ca+2].[H-].[H-]. The van der Waals surface area contributed by atoms with E-state index in [-0.39, 0.29) is 47.2 Å². The molecule has 3 N–H and O–H groups in total. The molecule has 0 unspecified atom stereocenters. The second kappa shape index (κ2) is 8.59. The Morgan fingerprint density at radius 3 is 1.62 bits per heavy atom. The van der Waals surface area contributed by atoms with E-state index in [0.29, 0.717) is 0 Å². The fourth-order valence-corrected chi connectivity index (χ4v) is 0.300. The number of quaternary nitrogens is 1. The average molecular weight is 243 g/mol. The smallest absolute Gasteiger partial charge is 1.00 e. The van der Waals surface area contributed by atoms with E-state index in [9.17, 15) is 0 Å².